The van der Waals surface area contributed by atoms with Crippen molar-refractivity contribution in [1.82, 2.24) is 25.4 Å². The fourth-order valence-electron chi connectivity index (χ4n) is 3.64. The van der Waals surface area contributed by atoms with Gasteiger partial charge in [-0.2, -0.15) is 5.10 Å². The van der Waals surface area contributed by atoms with E-state index in [1.54, 1.807) is 7.11 Å². The Bertz CT molecular complexity index is 1020. The second-order valence-electron chi connectivity index (χ2n) is 7.69. The number of nitrogens with zero attached hydrogens (tertiary/aromatic N) is 4. The van der Waals surface area contributed by atoms with Gasteiger partial charge in [0.15, 0.2) is 11.8 Å². The number of rotatable bonds is 8. The fourth-order valence-corrected chi connectivity index (χ4v) is 3.64. The first-order valence-electron chi connectivity index (χ1n) is 11.0. The topological polar surface area (TPSA) is 85.6 Å². The van der Waals surface area contributed by atoms with Crippen LogP contribution >= 0.6 is 0 Å². The molecule has 0 bridgehead atoms. The Morgan fingerprint density at radius 3 is 2.66 bits per heavy atom. The summed E-state index contributed by atoms with van der Waals surface area (Å²) in [5.41, 5.74) is 1.12. The second kappa shape index (κ2) is 10.8. The summed E-state index contributed by atoms with van der Waals surface area (Å²) in [6, 6.07) is 18.1. The van der Waals surface area contributed by atoms with E-state index in [0.717, 1.165) is 60.6 Å². The molecule has 4 rings (SSSR count). The van der Waals surface area contributed by atoms with E-state index in [4.69, 9.17) is 14.5 Å². The summed E-state index contributed by atoms with van der Waals surface area (Å²) in [5.74, 6) is 4.21. The summed E-state index contributed by atoms with van der Waals surface area (Å²) in [5, 5.41) is 11.4. The lowest BCUT2D eigenvalue weighted by Crippen LogP contribution is -2.47. The molecular weight excluding hydrogens is 404 g/mol. The largest absolute Gasteiger partial charge is 0.457 e. The molecule has 0 saturated heterocycles. The predicted octanol–water partition coefficient (Wildman–Crippen LogP) is 3.29. The quantitative estimate of drug-likeness (QED) is 0.418. The minimum atomic E-state index is 0.249. The van der Waals surface area contributed by atoms with Gasteiger partial charge in [-0.15, -0.1) is 0 Å². The van der Waals surface area contributed by atoms with Gasteiger partial charge in [-0.3, -0.25) is 0 Å². The maximum atomic E-state index is 5.86. The summed E-state index contributed by atoms with van der Waals surface area (Å²) < 4.78 is 13.0. The average molecular weight is 435 g/mol. The molecule has 1 aromatic heterocycles. The number of methoxy groups -OCH3 is 1. The lowest BCUT2D eigenvalue weighted by atomic mass is 10.1. The average Bonchev–Trinajstić information content (AvgIpc) is 3.21. The Morgan fingerprint density at radius 1 is 1.12 bits per heavy atom. The Balaban J connectivity index is 1.34. The summed E-state index contributed by atoms with van der Waals surface area (Å²) in [6.07, 6.45) is 1.87. The van der Waals surface area contributed by atoms with Crippen LogP contribution < -0.4 is 15.4 Å². The van der Waals surface area contributed by atoms with Crippen LogP contribution in [0.15, 0.2) is 59.6 Å². The molecule has 0 fully saturated rings. The van der Waals surface area contributed by atoms with Gasteiger partial charge in [0.1, 0.15) is 23.9 Å². The summed E-state index contributed by atoms with van der Waals surface area (Å²) >= 11 is 0. The van der Waals surface area contributed by atoms with Gasteiger partial charge < -0.3 is 20.1 Å². The van der Waals surface area contributed by atoms with Crippen molar-refractivity contribution in [2.45, 2.75) is 45.5 Å². The minimum absolute atomic E-state index is 0.249. The maximum Gasteiger partial charge on any atom is 0.191 e. The van der Waals surface area contributed by atoms with Gasteiger partial charge >= 0.3 is 0 Å². The Kier molecular flexibility index (Phi) is 7.34. The SMILES string of the molecule is CCNC(=NCc1ccc(Oc2ccccc2)cc1)NC1CCc2nc(COC)nn2C1. The van der Waals surface area contributed by atoms with Crippen molar-refractivity contribution in [3.63, 3.8) is 0 Å². The van der Waals surface area contributed by atoms with Crippen LogP contribution in [0.5, 0.6) is 11.5 Å². The van der Waals surface area contributed by atoms with E-state index < -0.39 is 0 Å². The van der Waals surface area contributed by atoms with E-state index in [1.165, 1.54) is 0 Å². The third kappa shape index (κ3) is 5.85. The van der Waals surface area contributed by atoms with Crippen molar-refractivity contribution in [2.75, 3.05) is 13.7 Å². The molecule has 2 aromatic carbocycles. The second-order valence-corrected chi connectivity index (χ2v) is 7.69. The number of fused-ring (bicyclic) bond motifs is 1. The molecule has 2 heterocycles. The van der Waals surface area contributed by atoms with Crippen LogP contribution in [0.4, 0.5) is 0 Å². The maximum absolute atomic E-state index is 5.86. The van der Waals surface area contributed by atoms with E-state index in [0.29, 0.717) is 13.2 Å². The molecule has 0 saturated carbocycles. The summed E-state index contributed by atoms with van der Waals surface area (Å²) in [7, 11) is 1.66. The Labute approximate surface area is 188 Å². The van der Waals surface area contributed by atoms with E-state index in [2.05, 4.69) is 27.6 Å². The van der Waals surface area contributed by atoms with Crippen LogP contribution in [-0.4, -0.2) is 40.4 Å². The normalized spacial score (nSPS) is 15.8. The van der Waals surface area contributed by atoms with Gasteiger partial charge in [0.05, 0.1) is 13.1 Å². The molecule has 0 radical (unpaired) electrons. The molecular formula is C24H30N6O2. The lowest BCUT2D eigenvalue weighted by Gasteiger charge is -2.25. The molecule has 8 heteroatoms. The van der Waals surface area contributed by atoms with E-state index in [-0.39, 0.29) is 6.04 Å². The van der Waals surface area contributed by atoms with Crippen LogP contribution in [-0.2, 0) is 30.9 Å². The van der Waals surface area contributed by atoms with Gasteiger partial charge in [-0.25, -0.2) is 14.7 Å². The number of para-hydroxylation sites is 1. The van der Waals surface area contributed by atoms with Crippen molar-refractivity contribution in [2.24, 2.45) is 4.99 Å². The smallest absolute Gasteiger partial charge is 0.191 e. The minimum Gasteiger partial charge on any atom is -0.457 e. The highest BCUT2D eigenvalue weighted by Crippen LogP contribution is 2.21. The molecule has 1 atom stereocenters. The van der Waals surface area contributed by atoms with Gasteiger partial charge in [-0.1, -0.05) is 30.3 Å². The molecule has 0 spiro atoms. The summed E-state index contributed by atoms with van der Waals surface area (Å²) in [4.78, 5) is 9.31. The van der Waals surface area contributed by atoms with E-state index >= 15 is 0 Å². The van der Waals surface area contributed by atoms with Crippen molar-refractivity contribution < 1.29 is 9.47 Å². The number of aliphatic imine (C=N–C) groups is 1. The number of hydrogen-bond acceptors (Lipinski definition) is 5. The highest BCUT2D eigenvalue weighted by Gasteiger charge is 2.22. The predicted molar refractivity (Wildman–Crippen MR) is 124 cm³/mol. The molecule has 168 valence electrons. The Hall–Kier alpha value is -3.39. The molecule has 0 amide bonds. The molecule has 32 heavy (non-hydrogen) atoms. The summed E-state index contributed by atoms with van der Waals surface area (Å²) in [6.45, 7) is 4.66. The Morgan fingerprint density at radius 2 is 1.91 bits per heavy atom. The van der Waals surface area contributed by atoms with Gasteiger partial charge in [0.2, 0.25) is 0 Å². The molecule has 1 aliphatic rings. The standard InChI is InChI=1S/C24H30N6O2/c1-3-25-24(27-19-11-14-23-28-22(17-31-2)29-30(23)16-19)26-15-18-9-12-21(13-10-18)32-20-7-5-4-6-8-20/h4-10,12-13,19H,3,11,14-17H2,1-2H3,(H2,25,26,27). The van der Waals surface area contributed by atoms with Crippen LogP contribution in [0, 0.1) is 0 Å². The van der Waals surface area contributed by atoms with E-state index in [1.807, 2.05) is 59.3 Å². The first-order valence-corrected chi connectivity index (χ1v) is 11.0. The zero-order chi connectivity index (χ0) is 22.2. The van der Waals surface area contributed by atoms with Crippen LogP contribution in [0.1, 0.15) is 30.6 Å². The number of aromatic nitrogens is 3. The monoisotopic (exact) mass is 434 g/mol. The van der Waals surface area contributed by atoms with Gasteiger partial charge in [0, 0.05) is 26.1 Å². The van der Waals surface area contributed by atoms with Crippen molar-refractivity contribution in [3.05, 3.63) is 71.8 Å². The van der Waals surface area contributed by atoms with Crippen molar-refractivity contribution in [1.29, 1.82) is 0 Å². The highest BCUT2D eigenvalue weighted by molar-refractivity contribution is 5.80. The third-order valence-corrected chi connectivity index (χ3v) is 5.18. The third-order valence-electron chi connectivity index (χ3n) is 5.18. The first-order chi connectivity index (χ1) is 15.7. The number of hydrogen-bond donors (Lipinski definition) is 2. The molecule has 1 aliphatic heterocycles. The number of nitrogens with one attached hydrogen (secondary N) is 2. The molecule has 1 unspecified atom stereocenters. The molecule has 8 nitrogen and oxygen atoms in total. The lowest BCUT2D eigenvalue weighted by molar-refractivity contribution is 0.177. The number of ether oxygens (including phenoxy) is 2. The number of benzene rings is 2. The highest BCUT2D eigenvalue weighted by atomic mass is 16.5. The first kappa shape index (κ1) is 21.8. The van der Waals surface area contributed by atoms with Crippen molar-refractivity contribution in [3.8, 4) is 11.5 Å². The number of guanidine groups is 1. The molecule has 0 aliphatic carbocycles. The molecule has 3 aromatic rings. The van der Waals surface area contributed by atoms with Gasteiger partial charge in [-0.05, 0) is 43.2 Å². The van der Waals surface area contributed by atoms with Crippen molar-refractivity contribution >= 4 is 5.96 Å². The van der Waals surface area contributed by atoms with Crippen LogP contribution in [0.25, 0.3) is 0 Å². The number of aryl methyl sites for hydroxylation is 1. The van der Waals surface area contributed by atoms with Gasteiger partial charge in [0.25, 0.3) is 0 Å². The zero-order valence-electron chi connectivity index (χ0n) is 18.6. The van der Waals surface area contributed by atoms with Crippen LogP contribution in [0.2, 0.25) is 0 Å². The fraction of sp³-hybridized carbons (Fsp3) is 0.375. The van der Waals surface area contributed by atoms with E-state index in [9.17, 15) is 0 Å². The zero-order valence-corrected chi connectivity index (χ0v) is 18.6. The molecule has 2 N–H and O–H groups in total. The van der Waals surface area contributed by atoms with Crippen LogP contribution in [0.3, 0.4) is 0 Å².